The molecule has 2 N–H and O–H groups in total. The number of aryl methyl sites for hydroxylation is 1. The fourth-order valence-electron chi connectivity index (χ4n) is 2.42. The Morgan fingerprint density at radius 1 is 1.40 bits per heavy atom. The zero-order valence-electron chi connectivity index (χ0n) is 9.68. The number of nitrogens with two attached hydrogens (primary N) is 1. The quantitative estimate of drug-likeness (QED) is 0.829. The molecule has 0 bridgehead atoms. The monoisotopic (exact) mass is 208 g/mol. The van der Waals surface area contributed by atoms with Crippen LogP contribution in [-0.4, -0.2) is 11.5 Å². The van der Waals surface area contributed by atoms with E-state index in [0.29, 0.717) is 6.54 Å². The van der Waals surface area contributed by atoms with Gasteiger partial charge in [-0.15, -0.1) is 0 Å². The summed E-state index contributed by atoms with van der Waals surface area (Å²) in [7, 11) is 0. The van der Waals surface area contributed by atoms with Crippen LogP contribution in [0.15, 0.2) is 4.42 Å². The number of hydrogen-bond donors (Lipinski definition) is 1. The third kappa shape index (κ3) is 1.93. The molecular formula is C12H20N2O. The average molecular weight is 208 g/mol. The van der Waals surface area contributed by atoms with Gasteiger partial charge in [0.1, 0.15) is 5.76 Å². The molecule has 0 unspecified atom stereocenters. The van der Waals surface area contributed by atoms with E-state index >= 15 is 0 Å². The predicted molar refractivity (Wildman–Crippen MR) is 59.8 cm³/mol. The van der Waals surface area contributed by atoms with Crippen LogP contribution in [0.2, 0.25) is 0 Å². The van der Waals surface area contributed by atoms with E-state index in [4.69, 9.17) is 10.2 Å². The van der Waals surface area contributed by atoms with Crippen LogP contribution in [0.3, 0.4) is 0 Å². The Hall–Kier alpha value is -0.830. The van der Waals surface area contributed by atoms with E-state index in [-0.39, 0.29) is 5.41 Å². The van der Waals surface area contributed by atoms with Crippen molar-refractivity contribution in [2.45, 2.75) is 51.4 Å². The first-order valence-corrected chi connectivity index (χ1v) is 5.82. The minimum atomic E-state index is 0.178. The number of hydrogen-bond acceptors (Lipinski definition) is 3. The lowest BCUT2D eigenvalue weighted by Gasteiger charge is -2.18. The Bertz CT molecular complexity index is 337. The van der Waals surface area contributed by atoms with Gasteiger partial charge in [0, 0.05) is 11.8 Å². The SMILES string of the molecule is Cc1nc(C2(C)CCCC2)oc1CCN. The van der Waals surface area contributed by atoms with E-state index < -0.39 is 0 Å². The maximum atomic E-state index is 5.85. The summed E-state index contributed by atoms with van der Waals surface area (Å²) in [5.41, 5.74) is 6.73. The second-order valence-electron chi connectivity index (χ2n) is 4.83. The molecule has 84 valence electrons. The van der Waals surface area contributed by atoms with E-state index in [2.05, 4.69) is 11.9 Å². The van der Waals surface area contributed by atoms with Crippen molar-refractivity contribution >= 4 is 0 Å². The first-order chi connectivity index (χ1) is 7.15. The van der Waals surface area contributed by atoms with Gasteiger partial charge in [0.25, 0.3) is 0 Å². The number of aromatic nitrogens is 1. The molecule has 1 fully saturated rings. The lowest BCUT2D eigenvalue weighted by Crippen LogP contribution is -2.17. The Morgan fingerprint density at radius 3 is 2.67 bits per heavy atom. The molecule has 0 atom stereocenters. The van der Waals surface area contributed by atoms with Gasteiger partial charge in [-0.3, -0.25) is 0 Å². The summed E-state index contributed by atoms with van der Waals surface area (Å²) in [6, 6.07) is 0. The molecule has 0 radical (unpaired) electrons. The topological polar surface area (TPSA) is 52.0 Å². The maximum absolute atomic E-state index is 5.85. The van der Waals surface area contributed by atoms with Crippen molar-refractivity contribution in [3.05, 3.63) is 17.3 Å². The summed E-state index contributed by atoms with van der Waals surface area (Å²) in [4.78, 5) is 4.56. The third-order valence-corrected chi connectivity index (χ3v) is 3.49. The van der Waals surface area contributed by atoms with E-state index in [0.717, 1.165) is 23.8 Å². The number of oxazole rings is 1. The Labute approximate surface area is 91.1 Å². The Morgan fingerprint density at radius 2 is 2.07 bits per heavy atom. The molecular weight excluding hydrogens is 188 g/mol. The molecule has 2 rings (SSSR count). The van der Waals surface area contributed by atoms with Crippen LogP contribution in [0.1, 0.15) is 50.0 Å². The standard InChI is InChI=1S/C12H20N2O/c1-9-10(5-8-13)15-11(14-9)12(2)6-3-4-7-12/h3-8,13H2,1-2H3. The molecule has 0 aromatic carbocycles. The largest absolute Gasteiger partial charge is 0.445 e. The summed E-state index contributed by atoms with van der Waals surface area (Å²) in [5.74, 6) is 1.90. The molecule has 1 aromatic heterocycles. The molecule has 3 nitrogen and oxygen atoms in total. The van der Waals surface area contributed by atoms with Crippen LogP contribution >= 0.6 is 0 Å². The van der Waals surface area contributed by atoms with E-state index in [1.807, 2.05) is 6.92 Å². The van der Waals surface area contributed by atoms with Gasteiger partial charge in [-0.25, -0.2) is 4.98 Å². The minimum absolute atomic E-state index is 0.178. The van der Waals surface area contributed by atoms with Crippen LogP contribution in [0.4, 0.5) is 0 Å². The van der Waals surface area contributed by atoms with Crippen LogP contribution in [0.5, 0.6) is 0 Å². The smallest absolute Gasteiger partial charge is 0.200 e. The van der Waals surface area contributed by atoms with Gasteiger partial charge < -0.3 is 10.2 Å². The van der Waals surface area contributed by atoms with Crippen molar-refractivity contribution in [2.75, 3.05) is 6.54 Å². The van der Waals surface area contributed by atoms with Gasteiger partial charge >= 0.3 is 0 Å². The van der Waals surface area contributed by atoms with Crippen molar-refractivity contribution < 1.29 is 4.42 Å². The molecule has 0 amide bonds. The minimum Gasteiger partial charge on any atom is -0.445 e. The van der Waals surface area contributed by atoms with Crippen LogP contribution in [-0.2, 0) is 11.8 Å². The molecule has 0 saturated heterocycles. The first-order valence-electron chi connectivity index (χ1n) is 5.82. The molecule has 0 aliphatic heterocycles. The fourth-order valence-corrected chi connectivity index (χ4v) is 2.42. The molecule has 0 spiro atoms. The number of rotatable bonds is 3. The third-order valence-electron chi connectivity index (χ3n) is 3.49. The van der Waals surface area contributed by atoms with Crippen molar-refractivity contribution in [1.82, 2.24) is 4.98 Å². The summed E-state index contributed by atoms with van der Waals surface area (Å²) in [6.07, 6.45) is 5.80. The summed E-state index contributed by atoms with van der Waals surface area (Å²) < 4.78 is 5.85. The van der Waals surface area contributed by atoms with Gasteiger partial charge in [0.15, 0.2) is 0 Å². The molecule has 15 heavy (non-hydrogen) atoms. The lowest BCUT2D eigenvalue weighted by molar-refractivity contribution is 0.337. The molecule has 1 heterocycles. The van der Waals surface area contributed by atoms with Crippen molar-refractivity contribution in [1.29, 1.82) is 0 Å². The summed E-state index contributed by atoms with van der Waals surface area (Å²) >= 11 is 0. The van der Waals surface area contributed by atoms with Crippen LogP contribution in [0, 0.1) is 6.92 Å². The predicted octanol–water partition coefficient (Wildman–Crippen LogP) is 2.32. The average Bonchev–Trinajstić information content (AvgIpc) is 2.76. The maximum Gasteiger partial charge on any atom is 0.200 e. The normalized spacial score (nSPS) is 19.7. The Balaban J connectivity index is 2.25. The van der Waals surface area contributed by atoms with Gasteiger partial charge in [-0.05, 0) is 26.3 Å². The van der Waals surface area contributed by atoms with E-state index in [1.54, 1.807) is 0 Å². The van der Waals surface area contributed by atoms with Gasteiger partial charge in [-0.2, -0.15) is 0 Å². The highest BCUT2D eigenvalue weighted by atomic mass is 16.4. The highest BCUT2D eigenvalue weighted by Crippen LogP contribution is 2.40. The Kier molecular flexibility index (Phi) is 2.83. The second kappa shape index (κ2) is 3.97. The molecule has 1 saturated carbocycles. The van der Waals surface area contributed by atoms with Gasteiger partial charge in [0.05, 0.1) is 5.69 Å². The van der Waals surface area contributed by atoms with Gasteiger partial charge in [-0.1, -0.05) is 19.8 Å². The van der Waals surface area contributed by atoms with Crippen LogP contribution < -0.4 is 5.73 Å². The molecule has 1 aromatic rings. The van der Waals surface area contributed by atoms with Crippen molar-refractivity contribution in [3.8, 4) is 0 Å². The summed E-state index contributed by atoms with van der Waals surface area (Å²) in [5, 5.41) is 0. The lowest BCUT2D eigenvalue weighted by atomic mass is 9.89. The highest BCUT2D eigenvalue weighted by molar-refractivity contribution is 5.14. The second-order valence-corrected chi connectivity index (χ2v) is 4.83. The zero-order valence-corrected chi connectivity index (χ0v) is 9.68. The van der Waals surface area contributed by atoms with E-state index in [1.165, 1.54) is 25.7 Å². The molecule has 1 aliphatic carbocycles. The van der Waals surface area contributed by atoms with E-state index in [9.17, 15) is 0 Å². The first kappa shape index (κ1) is 10.7. The highest BCUT2D eigenvalue weighted by Gasteiger charge is 2.35. The zero-order chi connectivity index (χ0) is 10.9. The summed E-state index contributed by atoms with van der Waals surface area (Å²) in [6.45, 7) is 4.90. The number of nitrogens with zero attached hydrogens (tertiary/aromatic N) is 1. The van der Waals surface area contributed by atoms with Crippen molar-refractivity contribution in [3.63, 3.8) is 0 Å². The van der Waals surface area contributed by atoms with Crippen LogP contribution in [0.25, 0.3) is 0 Å². The molecule has 1 aliphatic rings. The molecule has 3 heteroatoms. The van der Waals surface area contributed by atoms with Gasteiger partial charge in [0.2, 0.25) is 5.89 Å². The van der Waals surface area contributed by atoms with Crippen molar-refractivity contribution in [2.24, 2.45) is 5.73 Å². The fraction of sp³-hybridized carbons (Fsp3) is 0.750.